The number of hydrogen-bond acceptors (Lipinski definition) is 4. The van der Waals surface area contributed by atoms with Gasteiger partial charge in [-0.05, 0) is 43.5 Å². The molecule has 0 aliphatic rings. The van der Waals surface area contributed by atoms with Gasteiger partial charge in [0.15, 0.2) is 0 Å². The number of hydrogen-bond donors (Lipinski definition) is 1. The summed E-state index contributed by atoms with van der Waals surface area (Å²) in [4.78, 5) is 17.9. The third-order valence-electron chi connectivity index (χ3n) is 6.00. The lowest BCUT2D eigenvalue weighted by atomic mass is 10.1. The van der Waals surface area contributed by atoms with Gasteiger partial charge < -0.3 is 14.6 Å². The van der Waals surface area contributed by atoms with Crippen LogP contribution >= 0.6 is 11.3 Å². The molecule has 1 N–H and O–H groups in total. The van der Waals surface area contributed by atoms with Gasteiger partial charge in [-0.15, -0.1) is 11.3 Å². The molecule has 0 radical (unpaired) electrons. The number of carbonyl (C=O) groups excluding carboxylic acids is 1. The topological polar surface area (TPSA) is 56.2 Å². The molecule has 2 aromatic heterocycles. The molecule has 0 spiro atoms. The van der Waals surface area contributed by atoms with E-state index in [4.69, 9.17) is 9.72 Å². The number of nitrogens with one attached hydrogen (secondary N) is 1. The zero-order valence-electron chi connectivity index (χ0n) is 20.0. The average Bonchev–Trinajstić information content (AvgIpc) is 3.48. The quantitative estimate of drug-likeness (QED) is 0.272. The van der Waals surface area contributed by atoms with Crippen molar-refractivity contribution >= 4 is 17.2 Å². The fourth-order valence-corrected chi connectivity index (χ4v) is 4.81. The maximum absolute atomic E-state index is 13.0. The van der Waals surface area contributed by atoms with Crippen LogP contribution in [-0.2, 0) is 13.0 Å². The third-order valence-corrected chi connectivity index (χ3v) is 6.89. The Bertz CT molecular complexity index is 1230. The van der Waals surface area contributed by atoms with Gasteiger partial charge in [0, 0.05) is 29.7 Å². The second kappa shape index (κ2) is 11.2. The highest BCUT2D eigenvalue weighted by atomic mass is 32.1. The summed E-state index contributed by atoms with van der Waals surface area (Å²) < 4.78 is 7.50. The van der Waals surface area contributed by atoms with Crippen LogP contribution in [0.2, 0.25) is 0 Å². The van der Waals surface area contributed by atoms with Crippen molar-refractivity contribution in [2.45, 2.75) is 39.7 Å². The van der Waals surface area contributed by atoms with E-state index in [0.29, 0.717) is 6.54 Å². The van der Waals surface area contributed by atoms with Gasteiger partial charge >= 0.3 is 0 Å². The van der Waals surface area contributed by atoms with Crippen molar-refractivity contribution in [2.24, 2.45) is 0 Å². The summed E-state index contributed by atoms with van der Waals surface area (Å²) in [7, 11) is 1.68. The zero-order chi connectivity index (χ0) is 23.9. The van der Waals surface area contributed by atoms with Crippen molar-refractivity contribution in [2.75, 3.05) is 13.7 Å². The van der Waals surface area contributed by atoms with E-state index in [0.717, 1.165) is 64.8 Å². The van der Waals surface area contributed by atoms with Gasteiger partial charge in [0.1, 0.15) is 10.8 Å². The third kappa shape index (κ3) is 5.39. The molecule has 4 rings (SSSR count). The molecule has 176 valence electrons. The first-order valence-corrected chi connectivity index (χ1v) is 12.6. The number of benzene rings is 2. The Hall–Kier alpha value is -3.38. The SMILES string of the molecule is CCCCNC(=O)c1cc(-c2csc(-c3ccccc3)n2)n(CCc2ccc(OC)cc2)c1C. The first kappa shape index (κ1) is 23.8. The number of unbranched alkanes of at least 4 members (excludes halogenated alkanes) is 1. The molecule has 1 amide bonds. The van der Waals surface area contributed by atoms with Gasteiger partial charge in [-0.25, -0.2) is 4.98 Å². The van der Waals surface area contributed by atoms with Crippen molar-refractivity contribution < 1.29 is 9.53 Å². The molecule has 34 heavy (non-hydrogen) atoms. The standard InChI is InChI=1S/C28H31N3O2S/c1-4-5-16-29-27(32)24-18-26(25-19-34-28(30-25)22-9-7-6-8-10-22)31(20(24)2)17-15-21-11-13-23(33-3)14-12-21/h6-14,18-19H,4-5,15-17H2,1-3H3,(H,29,32). The highest BCUT2D eigenvalue weighted by Crippen LogP contribution is 2.31. The van der Waals surface area contributed by atoms with Gasteiger partial charge in [-0.2, -0.15) is 0 Å². The summed E-state index contributed by atoms with van der Waals surface area (Å²) in [6.45, 7) is 5.60. The molecule has 0 unspecified atom stereocenters. The van der Waals surface area contributed by atoms with Gasteiger partial charge in [0.05, 0.1) is 24.1 Å². The molecule has 0 fully saturated rings. The fourth-order valence-electron chi connectivity index (χ4n) is 3.99. The van der Waals surface area contributed by atoms with E-state index in [-0.39, 0.29) is 5.91 Å². The highest BCUT2D eigenvalue weighted by Gasteiger charge is 2.20. The van der Waals surface area contributed by atoms with Gasteiger partial charge in [0.2, 0.25) is 0 Å². The predicted molar refractivity (Wildman–Crippen MR) is 140 cm³/mol. The highest BCUT2D eigenvalue weighted by molar-refractivity contribution is 7.13. The van der Waals surface area contributed by atoms with Crippen molar-refractivity contribution in [1.29, 1.82) is 0 Å². The molecule has 2 aromatic carbocycles. The van der Waals surface area contributed by atoms with Gasteiger partial charge in [0.25, 0.3) is 5.91 Å². The number of aryl methyl sites for hydroxylation is 1. The van der Waals surface area contributed by atoms with E-state index in [9.17, 15) is 4.79 Å². The Morgan fingerprint density at radius 2 is 1.88 bits per heavy atom. The molecule has 4 aromatic rings. The fraction of sp³-hybridized carbons (Fsp3) is 0.286. The second-order valence-corrected chi connectivity index (χ2v) is 9.15. The molecule has 0 bridgehead atoms. The number of thiazole rings is 1. The number of carbonyl (C=O) groups is 1. The average molecular weight is 474 g/mol. The number of methoxy groups -OCH3 is 1. The molecule has 0 aliphatic carbocycles. The lowest BCUT2D eigenvalue weighted by molar-refractivity contribution is 0.0952. The van der Waals surface area contributed by atoms with Crippen LogP contribution in [-0.4, -0.2) is 29.1 Å². The number of amides is 1. The lowest BCUT2D eigenvalue weighted by Crippen LogP contribution is -2.24. The molecule has 0 saturated heterocycles. The van der Waals surface area contributed by atoms with E-state index in [1.165, 1.54) is 5.56 Å². The van der Waals surface area contributed by atoms with Gasteiger partial charge in [-0.3, -0.25) is 4.79 Å². The summed E-state index contributed by atoms with van der Waals surface area (Å²) >= 11 is 1.63. The molecule has 0 saturated carbocycles. The van der Waals surface area contributed by atoms with Crippen LogP contribution in [0.4, 0.5) is 0 Å². The van der Waals surface area contributed by atoms with Crippen LogP contribution in [0.1, 0.15) is 41.4 Å². The van der Waals surface area contributed by atoms with Crippen LogP contribution in [0.3, 0.4) is 0 Å². The van der Waals surface area contributed by atoms with E-state index >= 15 is 0 Å². The van der Waals surface area contributed by atoms with E-state index in [2.05, 4.69) is 46.5 Å². The summed E-state index contributed by atoms with van der Waals surface area (Å²) in [6, 6.07) is 20.3. The zero-order valence-corrected chi connectivity index (χ0v) is 20.8. The van der Waals surface area contributed by atoms with Crippen LogP contribution in [0.5, 0.6) is 5.75 Å². The summed E-state index contributed by atoms with van der Waals surface area (Å²) in [6.07, 6.45) is 2.87. The minimum absolute atomic E-state index is 0.0195. The van der Waals surface area contributed by atoms with Crippen LogP contribution in [0, 0.1) is 6.92 Å². The molecule has 6 heteroatoms. The second-order valence-electron chi connectivity index (χ2n) is 8.29. The molecular formula is C28H31N3O2S. The Morgan fingerprint density at radius 1 is 1.12 bits per heavy atom. The molecule has 0 aliphatic heterocycles. The number of nitrogens with zero attached hydrogens (tertiary/aromatic N) is 2. The Morgan fingerprint density at radius 3 is 2.59 bits per heavy atom. The lowest BCUT2D eigenvalue weighted by Gasteiger charge is -2.12. The Labute approximate surface area is 205 Å². The van der Waals surface area contributed by atoms with Crippen molar-refractivity contribution in [3.05, 3.63) is 82.9 Å². The van der Waals surface area contributed by atoms with Crippen LogP contribution in [0.15, 0.2) is 66.0 Å². The molecule has 0 atom stereocenters. The maximum Gasteiger partial charge on any atom is 0.253 e. The summed E-state index contributed by atoms with van der Waals surface area (Å²) in [5.74, 6) is 0.831. The monoisotopic (exact) mass is 473 g/mol. The minimum atomic E-state index is -0.0195. The van der Waals surface area contributed by atoms with Gasteiger partial charge in [-0.1, -0.05) is 55.8 Å². The Kier molecular flexibility index (Phi) is 7.80. The van der Waals surface area contributed by atoms with Crippen LogP contribution < -0.4 is 10.1 Å². The number of ether oxygens (including phenoxy) is 1. The van der Waals surface area contributed by atoms with E-state index in [1.54, 1.807) is 18.4 Å². The smallest absolute Gasteiger partial charge is 0.253 e. The van der Waals surface area contributed by atoms with E-state index in [1.807, 2.05) is 43.3 Å². The normalized spacial score (nSPS) is 10.9. The predicted octanol–water partition coefficient (Wildman–Crippen LogP) is 6.37. The molecule has 5 nitrogen and oxygen atoms in total. The molecular weight excluding hydrogens is 442 g/mol. The van der Waals surface area contributed by atoms with Crippen LogP contribution in [0.25, 0.3) is 22.0 Å². The largest absolute Gasteiger partial charge is 0.497 e. The maximum atomic E-state index is 13.0. The summed E-state index contributed by atoms with van der Waals surface area (Å²) in [5, 5.41) is 6.13. The molecule has 2 heterocycles. The minimum Gasteiger partial charge on any atom is -0.497 e. The first-order chi connectivity index (χ1) is 16.6. The Balaban J connectivity index is 1.65. The number of aromatic nitrogens is 2. The number of rotatable bonds is 10. The van der Waals surface area contributed by atoms with E-state index < -0.39 is 0 Å². The van der Waals surface area contributed by atoms with Crippen molar-refractivity contribution in [3.63, 3.8) is 0 Å². The summed E-state index contributed by atoms with van der Waals surface area (Å²) in [5.41, 5.74) is 5.88. The van der Waals surface area contributed by atoms with Crippen molar-refractivity contribution in [3.8, 4) is 27.7 Å². The van der Waals surface area contributed by atoms with Crippen molar-refractivity contribution in [1.82, 2.24) is 14.9 Å². The first-order valence-electron chi connectivity index (χ1n) is 11.7.